The summed E-state index contributed by atoms with van der Waals surface area (Å²) >= 11 is 0. The van der Waals surface area contributed by atoms with Gasteiger partial charge in [-0.1, -0.05) is 0 Å². The van der Waals surface area contributed by atoms with Gasteiger partial charge in [-0.2, -0.15) is 0 Å². The van der Waals surface area contributed by atoms with Gasteiger partial charge in [0.2, 0.25) is 17.8 Å². The lowest BCUT2D eigenvalue weighted by Crippen LogP contribution is -2.65. The van der Waals surface area contributed by atoms with Gasteiger partial charge < -0.3 is 66.3 Å². The molecule has 0 saturated carbocycles. The summed E-state index contributed by atoms with van der Waals surface area (Å²) < 4.78 is 77.9. The molecule has 2 aliphatic heterocycles. The first-order valence-corrected chi connectivity index (χ1v) is 17.4. The SMILES string of the molecule is COc1cc(C(=O)OC[C@H]2O[C@@](COC(C)=O)(O[C@H]3O[C@H](COC(C)=O)[C@@H](OC(C)=O)[C@H](OC(C)=O)[C@H]3OC(C)=O)[C@@H](OC(C)=O)[C@@H]2OC(C)=O)cc(OC)c1OC. The molecule has 0 bridgehead atoms. The second kappa shape index (κ2) is 20.6. The summed E-state index contributed by atoms with van der Waals surface area (Å²) in [7, 11) is 4.01. The van der Waals surface area contributed by atoms with E-state index in [0.29, 0.717) is 0 Å². The molecule has 322 valence electrons. The smallest absolute Gasteiger partial charge is 0.338 e. The van der Waals surface area contributed by atoms with Crippen molar-refractivity contribution in [3.63, 3.8) is 0 Å². The summed E-state index contributed by atoms with van der Waals surface area (Å²) in [5, 5.41) is 0. The third-order valence-electron chi connectivity index (χ3n) is 8.06. The van der Waals surface area contributed by atoms with Crippen molar-refractivity contribution in [3.8, 4) is 17.2 Å². The lowest BCUT2D eigenvalue weighted by molar-refractivity contribution is -0.384. The first-order chi connectivity index (χ1) is 27.2. The molecule has 2 saturated heterocycles. The van der Waals surface area contributed by atoms with Crippen molar-refractivity contribution in [2.75, 3.05) is 41.2 Å². The maximum absolute atomic E-state index is 13.4. The lowest BCUT2D eigenvalue weighted by Gasteiger charge is -2.46. The van der Waals surface area contributed by atoms with Crippen molar-refractivity contribution in [2.24, 2.45) is 0 Å². The minimum atomic E-state index is -2.59. The number of benzene rings is 1. The van der Waals surface area contributed by atoms with Crippen LogP contribution < -0.4 is 14.2 Å². The van der Waals surface area contributed by atoms with E-state index >= 15 is 0 Å². The van der Waals surface area contributed by atoms with E-state index in [4.69, 9.17) is 66.3 Å². The zero-order valence-corrected chi connectivity index (χ0v) is 33.4. The zero-order chi connectivity index (χ0) is 43.5. The van der Waals surface area contributed by atoms with Gasteiger partial charge in [0.05, 0.1) is 26.9 Å². The topological polar surface area (TPSA) is 266 Å². The van der Waals surface area contributed by atoms with Gasteiger partial charge in [-0.15, -0.1) is 0 Å². The predicted octanol–water partition coefficient (Wildman–Crippen LogP) is 0.491. The van der Waals surface area contributed by atoms with Crippen molar-refractivity contribution in [2.45, 2.75) is 103 Å². The fourth-order valence-electron chi connectivity index (χ4n) is 6.00. The molecule has 0 amide bonds. The van der Waals surface area contributed by atoms with Gasteiger partial charge in [-0.25, -0.2) is 4.79 Å². The van der Waals surface area contributed by atoms with E-state index in [1.54, 1.807) is 0 Å². The monoisotopic (exact) mass is 830 g/mol. The number of esters is 8. The van der Waals surface area contributed by atoms with Crippen LogP contribution in [0.25, 0.3) is 0 Å². The van der Waals surface area contributed by atoms with Gasteiger partial charge in [0.25, 0.3) is 0 Å². The highest BCUT2D eigenvalue weighted by atomic mass is 16.8. The number of rotatable bonds is 17. The Morgan fingerprint density at radius 2 is 1.03 bits per heavy atom. The Balaban J connectivity index is 2.19. The average Bonchev–Trinajstić information content (AvgIpc) is 3.39. The van der Waals surface area contributed by atoms with Crippen molar-refractivity contribution < 1.29 is 105 Å². The van der Waals surface area contributed by atoms with Crippen LogP contribution in [0.15, 0.2) is 12.1 Å². The van der Waals surface area contributed by atoms with Gasteiger partial charge in [0, 0.05) is 48.5 Å². The maximum Gasteiger partial charge on any atom is 0.338 e. The highest BCUT2D eigenvalue weighted by Gasteiger charge is 2.65. The number of methoxy groups -OCH3 is 3. The summed E-state index contributed by atoms with van der Waals surface area (Å²) in [6.07, 6.45) is -13.9. The van der Waals surface area contributed by atoms with Crippen LogP contribution in [0.1, 0.15) is 58.8 Å². The van der Waals surface area contributed by atoms with E-state index in [1.165, 1.54) is 33.5 Å². The summed E-state index contributed by atoms with van der Waals surface area (Å²) in [4.78, 5) is 99.9. The van der Waals surface area contributed by atoms with E-state index < -0.39 is 122 Å². The molecule has 0 unspecified atom stereocenters. The molecule has 2 fully saturated rings. The molecule has 58 heavy (non-hydrogen) atoms. The molecule has 0 spiro atoms. The van der Waals surface area contributed by atoms with Gasteiger partial charge in [-0.05, 0) is 12.1 Å². The lowest BCUT2D eigenvalue weighted by atomic mass is 9.97. The Morgan fingerprint density at radius 3 is 1.52 bits per heavy atom. The standard InChI is InChI=1S/C36H46O22/c1-16(37)48-13-26-29(51-18(3)39)31(53-20(5)41)32(54-21(6)42)35(56-26)58-36(15-50-17(2)38)33(55-22(7)43)30(52-19(4)40)27(57-36)14-49-34(44)23-11-24(45-8)28(47-10)25(12-23)46-9/h11-12,26-27,29-33,35H,13-15H2,1-10H3/t26-,27-,29-,30-,31+,32-,33+,35-,36+/m1/s1. The molecule has 0 aliphatic carbocycles. The molecular weight excluding hydrogens is 784 g/mol. The Morgan fingerprint density at radius 1 is 0.552 bits per heavy atom. The number of carbonyl (C=O) groups excluding carboxylic acids is 8. The second-order valence-electron chi connectivity index (χ2n) is 12.6. The van der Waals surface area contributed by atoms with Crippen molar-refractivity contribution in [1.29, 1.82) is 0 Å². The molecule has 22 nitrogen and oxygen atoms in total. The van der Waals surface area contributed by atoms with Gasteiger partial charge in [0.15, 0.2) is 42.0 Å². The summed E-state index contributed by atoms with van der Waals surface area (Å²) in [6, 6.07) is 2.59. The van der Waals surface area contributed by atoms with E-state index in [9.17, 15) is 38.4 Å². The van der Waals surface area contributed by atoms with Crippen molar-refractivity contribution in [3.05, 3.63) is 17.7 Å². The molecule has 1 aromatic carbocycles. The number of hydrogen-bond acceptors (Lipinski definition) is 22. The van der Waals surface area contributed by atoms with E-state index in [0.717, 1.165) is 48.5 Å². The molecule has 0 N–H and O–H groups in total. The normalized spacial score (nSPS) is 26.2. The fourth-order valence-corrected chi connectivity index (χ4v) is 6.00. The first kappa shape index (κ1) is 46.6. The number of carbonyl (C=O) groups is 8. The zero-order valence-electron chi connectivity index (χ0n) is 33.4. The maximum atomic E-state index is 13.4. The number of ether oxygens (including phenoxy) is 14. The van der Waals surface area contributed by atoms with E-state index in [1.807, 2.05) is 0 Å². The van der Waals surface area contributed by atoms with Crippen molar-refractivity contribution >= 4 is 47.8 Å². The van der Waals surface area contributed by atoms with Crippen LogP contribution in [-0.2, 0) is 85.7 Å². The second-order valence-corrected chi connectivity index (χ2v) is 12.6. The Hall–Kier alpha value is -5.74. The average molecular weight is 831 g/mol. The molecule has 0 radical (unpaired) electrons. The molecule has 3 rings (SSSR count). The quantitative estimate of drug-likeness (QED) is 0.153. The van der Waals surface area contributed by atoms with Crippen LogP contribution in [0, 0.1) is 0 Å². The summed E-state index contributed by atoms with van der Waals surface area (Å²) in [5.74, 6) is -9.71. The molecule has 2 heterocycles. The molecule has 22 heteroatoms. The summed E-state index contributed by atoms with van der Waals surface area (Å²) in [5.41, 5.74) is -0.0898. The van der Waals surface area contributed by atoms with E-state index in [-0.39, 0.29) is 22.8 Å². The molecule has 9 atom stereocenters. The highest BCUT2D eigenvalue weighted by molar-refractivity contribution is 5.91. The first-order valence-electron chi connectivity index (χ1n) is 17.4. The molecule has 0 aromatic heterocycles. The third-order valence-corrected chi connectivity index (χ3v) is 8.06. The molecule has 1 aromatic rings. The van der Waals surface area contributed by atoms with Crippen LogP contribution in [0.4, 0.5) is 0 Å². The Kier molecular flexibility index (Phi) is 16.6. The fraction of sp³-hybridized carbons (Fsp3) is 0.611. The van der Waals surface area contributed by atoms with Gasteiger partial charge in [0.1, 0.15) is 32.0 Å². The predicted molar refractivity (Wildman–Crippen MR) is 185 cm³/mol. The Labute approximate surface area is 331 Å². The highest BCUT2D eigenvalue weighted by Crippen LogP contribution is 2.42. The van der Waals surface area contributed by atoms with Crippen LogP contribution in [0.3, 0.4) is 0 Å². The summed E-state index contributed by atoms with van der Waals surface area (Å²) in [6.45, 7) is 4.68. The van der Waals surface area contributed by atoms with E-state index in [2.05, 4.69) is 0 Å². The van der Waals surface area contributed by atoms with Crippen molar-refractivity contribution in [1.82, 2.24) is 0 Å². The third kappa shape index (κ3) is 12.1. The van der Waals surface area contributed by atoms with Crippen LogP contribution in [0.2, 0.25) is 0 Å². The van der Waals surface area contributed by atoms with Gasteiger partial charge in [-0.3, -0.25) is 33.6 Å². The minimum absolute atomic E-state index is 0.0898. The van der Waals surface area contributed by atoms with Crippen LogP contribution >= 0.6 is 0 Å². The largest absolute Gasteiger partial charge is 0.493 e. The number of hydrogen-bond donors (Lipinski definition) is 0. The molecule has 2 aliphatic rings. The Bertz CT molecular complexity index is 1680. The van der Waals surface area contributed by atoms with Crippen LogP contribution in [0.5, 0.6) is 17.2 Å². The van der Waals surface area contributed by atoms with Gasteiger partial charge >= 0.3 is 47.8 Å². The van der Waals surface area contributed by atoms with Crippen LogP contribution in [-0.4, -0.2) is 144 Å². The molecular formula is C36H46O22. The minimum Gasteiger partial charge on any atom is -0.493 e.